The van der Waals surface area contributed by atoms with Crippen LogP contribution in [0.25, 0.3) is 0 Å². The third-order valence-electron chi connectivity index (χ3n) is 3.05. The van der Waals surface area contributed by atoms with Crippen LogP contribution in [0.15, 0.2) is 40.9 Å². The zero-order chi connectivity index (χ0) is 13.0. The van der Waals surface area contributed by atoms with Gasteiger partial charge in [0.05, 0.1) is 0 Å². The Morgan fingerprint density at radius 1 is 1.50 bits per heavy atom. The first kappa shape index (κ1) is 13.8. The SMILES string of the molecule is C=C(CNC1CC1)CN(C)Cc1cccc(Br)c1. The highest BCUT2D eigenvalue weighted by molar-refractivity contribution is 9.10. The maximum Gasteiger partial charge on any atom is 0.0234 e. The third kappa shape index (κ3) is 4.92. The van der Waals surface area contributed by atoms with Gasteiger partial charge in [0.15, 0.2) is 0 Å². The van der Waals surface area contributed by atoms with Crippen molar-refractivity contribution in [3.63, 3.8) is 0 Å². The number of benzene rings is 1. The molecule has 0 aliphatic heterocycles. The van der Waals surface area contributed by atoms with Gasteiger partial charge in [-0.2, -0.15) is 0 Å². The molecule has 0 unspecified atom stereocenters. The minimum absolute atomic E-state index is 0.761. The Morgan fingerprint density at radius 2 is 2.28 bits per heavy atom. The van der Waals surface area contributed by atoms with Crippen molar-refractivity contribution in [1.29, 1.82) is 0 Å². The highest BCUT2D eigenvalue weighted by Crippen LogP contribution is 2.18. The molecule has 0 amide bonds. The number of hydrogen-bond donors (Lipinski definition) is 1. The van der Waals surface area contributed by atoms with Crippen LogP contribution in [0.1, 0.15) is 18.4 Å². The van der Waals surface area contributed by atoms with Crippen molar-refractivity contribution in [3.8, 4) is 0 Å². The standard InChI is InChI=1S/C15H21BrN2/c1-12(9-17-15-6-7-15)10-18(2)11-13-4-3-5-14(16)8-13/h3-5,8,15,17H,1,6-7,9-11H2,2H3. The zero-order valence-corrected chi connectivity index (χ0v) is 12.5. The lowest BCUT2D eigenvalue weighted by molar-refractivity contribution is 0.352. The number of halogens is 1. The smallest absolute Gasteiger partial charge is 0.0234 e. The summed E-state index contributed by atoms with van der Waals surface area (Å²) in [5.41, 5.74) is 2.59. The van der Waals surface area contributed by atoms with Crippen LogP contribution >= 0.6 is 15.9 Å². The molecule has 1 aromatic carbocycles. The van der Waals surface area contributed by atoms with Gasteiger partial charge in [0.25, 0.3) is 0 Å². The fourth-order valence-corrected chi connectivity index (χ4v) is 2.46. The first-order valence-corrected chi connectivity index (χ1v) is 7.26. The van der Waals surface area contributed by atoms with E-state index in [0.717, 1.165) is 30.1 Å². The molecule has 0 bridgehead atoms. The molecule has 0 radical (unpaired) electrons. The number of nitrogens with zero attached hydrogens (tertiary/aromatic N) is 1. The third-order valence-corrected chi connectivity index (χ3v) is 3.55. The van der Waals surface area contributed by atoms with E-state index in [-0.39, 0.29) is 0 Å². The summed E-state index contributed by atoms with van der Waals surface area (Å²) in [4.78, 5) is 2.30. The Morgan fingerprint density at radius 3 is 2.94 bits per heavy atom. The minimum atomic E-state index is 0.761. The van der Waals surface area contributed by atoms with Crippen LogP contribution in [0.2, 0.25) is 0 Å². The average Bonchev–Trinajstić information content (AvgIpc) is 3.09. The number of hydrogen-bond acceptors (Lipinski definition) is 2. The largest absolute Gasteiger partial charge is 0.310 e. The van der Waals surface area contributed by atoms with Crippen LogP contribution in [0.5, 0.6) is 0 Å². The summed E-state index contributed by atoms with van der Waals surface area (Å²) in [6, 6.07) is 9.23. The lowest BCUT2D eigenvalue weighted by atomic mass is 10.2. The van der Waals surface area contributed by atoms with Crippen LogP contribution in [-0.2, 0) is 6.54 Å². The van der Waals surface area contributed by atoms with Crippen molar-refractivity contribution >= 4 is 15.9 Å². The number of likely N-dealkylation sites (N-methyl/N-ethyl adjacent to an activating group) is 1. The second kappa shape index (κ2) is 6.50. The molecule has 0 heterocycles. The fraction of sp³-hybridized carbons (Fsp3) is 0.467. The molecule has 0 spiro atoms. The van der Waals surface area contributed by atoms with E-state index in [2.05, 4.69) is 64.0 Å². The Bertz CT molecular complexity index is 413. The lowest BCUT2D eigenvalue weighted by Crippen LogP contribution is -2.26. The van der Waals surface area contributed by atoms with E-state index in [1.54, 1.807) is 0 Å². The van der Waals surface area contributed by atoms with Crippen molar-refractivity contribution < 1.29 is 0 Å². The number of rotatable bonds is 7. The predicted octanol–water partition coefficient (Wildman–Crippen LogP) is 3.19. The lowest BCUT2D eigenvalue weighted by Gasteiger charge is -2.18. The van der Waals surface area contributed by atoms with E-state index < -0.39 is 0 Å². The second-order valence-electron chi connectivity index (χ2n) is 5.21. The van der Waals surface area contributed by atoms with Crippen molar-refractivity contribution in [2.75, 3.05) is 20.1 Å². The molecule has 2 nitrogen and oxygen atoms in total. The Hall–Kier alpha value is -0.640. The van der Waals surface area contributed by atoms with E-state index in [9.17, 15) is 0 Å². The van der Waals surface area contributed by atoms with Crippen molar-refractivity contribution in [1.82, 2.24) is 10.2 Å². The van der Waals surface area contributed by atoms with Gasteiger partial charge in [-0.05, 0) is 43.2 Å². The molecule has 98 valence electrons. The van der Waals surface area contributed by atoms with E-state index in [4.69, 9.17) is 0 Å². The molecule has 0 aromatic heterocycles. The van der Waals surface area contributed by atoms with Crippen molar-refractivity contribution in [3.05, 3.63) is 46.5 Å². The van der Waals surface area contributed by atoms with Gasteiger partial charge in [-0.15, -0.1) is 0 Å². The molecule has 0 saturated heterocycles. The van der Waals surface area contributed by atoms with Crippen LogP contribution < -0.4 is 5.32 Å². The van der Waals surface area contributed by atoms with Gasteiger partial charge in [0.2, 0.25) is 0 Å². The highest BCUT2D eigenvalue weighted by atomic mass is 79.9. The highest BCUT2D eigenvalue weighted by Gasteiger charge is 2.20. The van der Waals surface area contributed by atoms with Crippen LogP contribution in [-0.4, -0.2) is 31.1 Å². The average molecular weight is 309 g/mol. The summed E-state index contributed by atoms with van der Waals surface area (Å²) in [5.74, 6) is 0. The van der Waals surface area contributed by atoms with Crippen LogP contribution in [0.3, 0.4) is 0 Å². The Kier molecular flexibility index (Phi) is 4.98. The molecule has 2 rings (SSSR count). The molecule has 1 aliphatic carbocycles. The monoisotopic (exact) mass is 308 g/mol. The van der Waals surface area contributed by atoms with Crippen molar-refractivity contribution in [2.24, 2.45) is 0 Å². The molecule has 1 saturated carbocycles. The summed E-state index contributed by atoms with van der Waals surface area (Å²) in [5, 5.41) is 3.50. The molecule has 1 fully saturated rings. The molecule has 18 heavy (non-hydrogen) atoms. The van der Waals surface area contributed by atoms with Crippen LogP contribution in [0.4, 0.5) is 0 Å². The summed E-state index contributed by atoms with van der Waals surface area (Å²) < 4.78 is 1.14. The predicted molar refractivity (Wildman–Crippen MR) is 80.6 cm³/mol. The van der Waals surface area contributed by atoms with Gasteiger partial charge in [0.1, 0.15) is 0 Å². The summed E-state index contributed by atoms with van der Waals surface area (Å²) in [6.07, 6.45) is 2.67. The van der Waals surface area contributed by atoms with Gasteiger partial charge in [0, 0.05) is 30.1 Å². The second-order valence-corrected chi connectivity index (χ2v) is 6.12. The van der Waals surface area contributed by atoms with E-state index in [0.29, 0.717) is 0 Å². The molecule has 1 aromatic rings. The summed E-state index contributed by atoms with van der Waals surface area (Å²) >= 11 is 3.50. The van der Waals surface area contributed by atoms with Gasteiger partial charge in [-0.25, -0.2) is 0 Å². The molecule has 3 heteroatoms. The fourth-order valence-electron chi connectivity index (χ4n) is 2.02. The molecule has 1 aliphatic rings. The van der Waals surface area contributed by atoms with Gasteiger partial charge in [-0.1, -0.05) is 34.6 Å². The Balaban J connectivity index is 1.73. The van der Waals surface area contributed by atoms with Gasteiger partial charge < -0.3 is 5.32 Å². The minimum Gasteiger partial charge on any atom is -0.310 e. The van der Waals surface area contributed by atoms with E-state index in [1.807, 2.05) is 0 Å². The Labute approximate surface area is 118 Å². The maximum atomic E-state index is 4.14. The first-order chi connectivity index (χ1) is 8.63. The maximum absolute atomic E-state index is 4.14. The van der Waals surface area contributed by atoms with Crippen LogP contribution in [0, 0.1) is 0 Å². The normalized spacial score (nSPS) is 15.1. The topological polar surface area (TPSA) is 15.3 Å². The summed E-state index contributed by atoms with van der Waals surface area (Å²) in [6.45, 7) is 7.00. The van der Waals surface area contributed by atoms with E-state index >= 15 is 0 Å². The summed E-state index contributed by atoms with van der Waals surface area (Å²) in [7, 11) is 2.14. The number of nitrogens with one attached hydrogen (secondary N) is 1. The van der Waals surface area contributed by atoms with Gasteiger partial charge >= 0.3 is 0 Å². The first-order valence-electron chi connectivity index (χ1n) is 6.46. The van der Waals surface area contributed by atoms with Gasteiger partial charge in [-0.3, -0.25) is 4.90 Å². The molecular weight excluding hydrogens is 288 g/mol. The molecule has 0 atom stereocenters. The van der Waals surface area contributed by atoms with E-state index in [1.165, 1.54) is 24.0 Å². The zero-order valence-electron chi connectivity index (χ0n) is 11.0. The molecule has 1 N–H and O–H groups in total. The van der Waals surface area contributed by atoms with Crippen molar-refractivity contribution in [2.45, 2.75) is 25.4 Å². The quantitative estimate of drug-likeness (QED) is 0.778. The molecular formula is C15H21BrN2.